The number of rotatable bonds is 2. The van der Waals surface area contributed by atoms with Gasteiger partial charge in [0.1, 0.15) is 5.82 Å². The molecule has 0 bridgehead atoms. The number of hydrogen-bond acceptors (Lipinski definition) is 2. The van der Waals surface area contributed by atoms with Crippen LogP contribution in [0.4, 0.5) is 4.39 Å². The molecule has 76 valence electrons. The summed E-state index contributed by atoms with van der Waals surface area (Å²) < 4.78 is 13.2. The third-order valence-electron chi connectivity index (χ3n) is 1.83. The predicted molar refractivity (Wildman–Crippen MR) is 48.7 cm³/mol. The summed E-state index contributed by atoms with van der Waals surface area (Å²) in [6.07, 6.45) is -1.79. The number of aliphatic carboxylic acids is 1. The normalized spacial score (nSPS) is 12.6. The lowest BCUT2D eigenvalue weighted by Gasteiger charge is -2.09. The van der Waals surface area contributed by atoms with Crippen LogP contribution in [-0.4, -0.2) is 16.2 Å². The maximum atomic E-state index is 13.2. The summed E-state index contributed by atoms with van der Waals surface area (Å²) in [5.74, 6) is -2.17. The van der Waals surface area contributed by atoms with Crippen molar-refractivity contribution in [2.75, 3.05) is 0 Å². The number of aryl methyl sites for hydroxylation is 1. The van der Waals surface area contributed by atoms with Crippen LogP contribution in [0, 0.1) is 12.7 Å². The molecule has 1 aromatic rings. The van der Waals surface area contributed by atoms with Crippen molar-refractivity contribution < 1.29 is 19.4 Å². The van der Waals surface area contributed by atoms with Crippen molar-refractivity contribution in [2.45, 2.75) is 13.0 Å². The summed E-state index contributed by atoms with van der Waals surface area (Å²) in [4.78, 5) is 10.4. The monoisotopic (exact) mass is 218 g/mol. The molecule has 0 spiro atoms. The van der Waals surface area contributed by atoms with Crippen LogP contribution in [-0.2, 0) is 4.79 Å². The van der Waals surface area contributed by atoms with Gasteiger partial charge in [0.25, 0.3) is 0 Å². The summed E-state index contributed by atoms with van der Waals surface area (Å²) in [6, 6.07) is 2.66. The molecule has 1 rings (SSSR count). The molecule has 5 heteroatoms. The van der Waals surface area contributed by atoms with Gasteiger partial charge < -0.3 is 10.2 Å². The first-order chi connectivity index (χ1) is 6.45. The summed E-state index contributed by atoms with van der Waals surface area (Å²) in [6.45, 7) is 1.50. The van der Waals surface area contributed by atoms with E-state index in [4.69, 9.17) is 21.8 Å². The molecule has 1 aromatic carbocycles. The molecule has 0 heterocycles. The number of aliphatic hydroxyl groups is 1. The number of hydrogen-bond donors (Lipinski definition) is 2. The standard InChI is InChI=1S/C9H8ClFO3/c1-4-2-3-5(6(10)7(4)11)8(12)9(13)14/h2-3,8,12H,1H3,(H,13,14). The molecule has 0 aliphatic heterocycles. The van der Waals surface area contributed by atoms with Gasteiger partial charge in [0.2, 0.25) is 0 Å². The van der Waals surface area contributed by atoms with E-state index in [1.807, 2.05) is 0 Å². The Balaban J connectivity index is 3.24. The van der Waals surface area contributed by atoms with Crippen molar-refractivity contribution >= 4 is 17.6 Å². The van der Waals surface area contributed by atoms with Crippen molar-refractivity contribution in [3.8, 4) is 0 Å². The zero-order valence-corrected chi connectivity index (χ0v) is 8.05. The van der Waals surface area contributed by atoms with Crippen LogP contribution < -0.4 is 0 Å². The van der Waals surface area contributed by atoms with Gasteiger partial charge in [0, 0.05) is 5.56 Å². The first-order valence-electron chi connectivity index (χ1n) is 3.80. The molecule has 14 heavy (non-hydrogen) atoms. The van der Waals surface area contributed by atoms with Crippen molar-refractivity contribution in [3.05, 3.63) is 34.1 Å². The van der Waals surface area contributed by atoms with Crippen LogP contribution in [0.5, 0.6) is 0 Å². The Bertz CT molecular complexity index is 379. The maximum Gasteiger partial charge on any atom is 0.337 e. The highest BCUT2D eigenvalue weighted by atomic mass is 35.5. The van der Waals surface area contributed by atoms with Crippen LogP contribution in [0.15, 0.2) is 12.1 Å². The minimum Gasteiger partial charge on any atom is -0.479 e. The Morgan fingerprint density at radius 2 is 2.14 bits per heavy atom. The number of benzene rings is 1. The molecular formula is C9H8ClFO3. The average molecular weight is 219 g/mol. The van der Waals surface area contributed by atoms with Gasteiger partial charge in [-0.15, -0.1) is 0 Å². The van der Waals surface area contributed by atoms with Crippen LogP contribution >= 0.6 is 11.6 Å². The van der Waals surface area contributed by atoms with E-state index in [0.717, 1.165) is 0 Å². The molecule has 0 amide bonds. The van der Waals surface area contributed by atoms with Gasteiger partial charge >= 0.3 is 5.97 Å². The van der Waals surface area contributed by atoms with Crippen molar-refractivity contribution in [2.24, 2.45) is 0 Å². The third-order valence-corrected chi connectivity index (χ3v) is 2.22. The van der Waals surface area contributed by atoms with E-state index in [9.17, 15) is 9.18 Å². The number of carboxylic acid groups (broad SMARTS) is 1. The summed E-state index contributed by atoms with van der Waals surface area (Å²) in [5, 5.41) is 17.3. The summed E-state index contributed by atoms with van der Waals surface area (Å²) >= 11 is 5.54. The first-order valence-corrected chi connectivity index (χ1v) is 4.18. The van der Waals surface area contributed by atoms with Crippen LogP contribution in [0.1, 0.15) is 17.2 Å². The Kier molecular flexibility index (Phi) is 3.08. The minimum absolute atomic E-state index is 0.137. The highest BCUT2D eigenvalue weighted by Gasteiger charge is 2.21. The Hall–Kier alpha value is -1.13. The summed E-state index contributed by atoms with van der Waals surface area (Å²) in [7, 11) is 0. The second-order valence-electron chi connectivity index (χ2n) is 2.84. The lowest BCUT2D eigenvalue weighted by Crippen LogP contribution is -2.11. The van der Waals surface area contributed by atoms with Crippen LogP contribution in [0.2, 0.25) is 5.02 Å². The minimum atomic E-state index is -1.79. The Morgan fingerprint density at radius 3 is 2.64 bits per heavy atom. The van der Waals surface area contributed by atoms with Crippen molar-refractivity contribution in [3.63, 3.8) is 0 Å². The number of aliphatic hydroxyl groups excluding tert-OH is 1. The molecule has 0 aliphatic carbocycles. The molecule has 0 fully saturated rings. The first kappa shape index (κ1) is 10.9. The number of carbonyl (C=O) groups is 1. The summed E-state index contributed by atoms with van der Waals surface area (Å²) in [5.41, 5.74) is 0.165. The molecule has 0 radical (unpaired) electrons. The highest BCUT2D eigenvalue weighted by molar-refractivity contribution is 6.31. The quantitative estimate of drug-likeness (QED) is 0.797. The van der Waals surface area contributed by atoms with E-state index >= 15 is 0 Å². The fraction of sp³-hybridized carbons (Fsp3) is 0.222. The molecular weight excluding hydrogens is 211 g/mol. The van der Waals surface area contributed by atoms with E-state index < -0.39 is 17.9 Å². The second kappa shape index (κ2) is 3.94. The van der Waals surface area contributed by atoms with Crippen LogP contribution in [0.25, 0.3) is 0 Å². The van der Waals surface area contributed by atoms with Gasteiger partial charge in [-0.25, -0.2) is 9.18 Å². The molecule has 2 N–H and O–H groups in total. The maximum absolute atomic E-state index is 13.2. The van der Waals surface area contributed by atoms with Crippen LogP contribution in [0.3, 0.4) is 0 Å². The van der Waals surface area contributed by atoms with Gasteiger partial charge in [-0.2, -0.15) is 0 Å². The number of halogens is 2. The molecule has 0 saturated heterocycles. The molecule has 3 nitrogen and oxygen atoms in total. The lowest BCUT2D eigenvalue weighted by molar-refractivity contribution is -0.146. The van der Waals surface area contributed by atoms with Gasteiger partial charge in [-0.1, -0.05) is 23.7 Å². The third kappa shape index (κ3) is 1.86. The van der Waals surface area contributed by atoms with Gasteiger partial charge in [-0.05, 0) is 12.5 Å². The Labute approximate surface area is 84.7 Å². The topological polar surface area (TPSA) is 57.5 Å². The smallest absolute Gasteiger partial charge is 0.337 e. The molecule has 1 unspecified atom stereocenters. The fourth-order valence-electron chi connectivity index (χ4n) is 1.01. The molecule has 0 aromatic heterocycles. The van der Waals surface area contributed by atoms with E-state index in [1.54, 1.807) is 0 Å². The Morgan fingerprint density at radius 1 is 1.57 bits per heavy atom. The molecule has 0 saturated carbocycles. The molecule has 0 aliphatic rings. The largest absolute Gasteiger partial charge is 0.479 e. The lowest BCUT2D eigenvalue weighted by atomic mass is 10.1. The SMILES string of the molecule is Cc1ccc(C(O)C(=O)O)c(Cl)c1F. The average Bonchev–Trinajstić information content (AvgIpc) is 2.13. The second-order valence-corrected chi connectivity index (χ2v) is 3.22. The fourth-order valence-corrected chi connectivity index (χ4v) is 1.32. The van der Waals surface area contributed by atoms with E-state index in [2.05, 4.69) is 0 Å². The van der Waals surface area contributed by atoms with E-state index in [1.165, 1.54) is 19.1 Å². The number of carboxylic acids is 1. The highest BCUT2D eigenvalue weighted by Crippen LogP contribution is 2.27. The van der Waals surface area contributed by atoms with E-state index in [0.29, 0.717) is 5.56 Å². The van der Waals surface area contributed by atoms with Gasteiger partial charge in [0.05, 0.1) is 5.02 Å². The van der Waals surface area contributed by atoms with Gasteiger partial charge in [-0.3, -0.25) is 0 Å². The zero-order valence-electron chi connectivity index (χ0n) is 7.29. The molecule has 1 atom stereocenters. The van der Waals surface area contributed by atoms with E-state index in [-0.39, 0.29) is 10.6 Å². The zero-order chi connectivity index (χ0) is 10.9. The van der Waals surface area contributed by atoms with Gasteiger partial charge in [0.15, 0.2) is 6.10 Å². The predicted octanol–water partition coefficient (Wildman–Crippen LogP) is 1.91. The van der Waals surface area contributed by atoms with Crippen molar-refractivity contribution in [1.29, 1.82) is 0 Å². The van der Waals surface area contributed by atoms with Crippen molar-refractivity contribution in [1.82, 2.24) is 0 Å².